The largest absolute Gasteiger partial charge is 0.418 e. The zero-order valence-corrected chi connectivity index (χ0v) is 19.4. The van der Waals surface area contributed by atoms with Crippen LogP contribution in [0.4, 0.5) is 30.4 Å². The zero-order valence-electron chi connectivity index (χ0n) is 19.4. The second-order valence-electron chi connectivity index (χ2n) is 8.58. The highest BCUT2D eigenvalue weighted by atomic mass is 19.4. The van der Waals surface area contributed by atoms with Gasteiger partial charge in [0.15, 0.2) is 0 Å². The van der Waals surface area contributed by atoms with Gasteiger partial charge in [-0.3, -0.25) is 0 Å². The molecule has 186 valence electrons. The first-order valence-corrected chi connectivity index (χ1v) is 11.5. The van der Waals surface area contributed by atoms with Crippen LogP contribution in [0.3, 0.4) is 0 Å². The number of hydrogen-bond acceptors (Lipinski definition) is 8. The molecule has 3 N–H and O–H groups in total. The number of nitrogens with zero attached hydrogens (tertiary/aromatic N) is 4. The van der Waals surface area contributed by atoms with Gasteiger partial charge in [-0.25, -0.2) is 15.0 Å². The maximum Gasteiger partial charge on any atom is 0.418 e. The molecule has 5 rings (SSSR count). The van der Waals surface area contributed by atoms with Gasteiger partial charge in [0, 0.05) is 61.1 Å². The van der Waals surface area contributed by atoms with Crippen LogP contribution in [0.2, 0.25) is 0 Å². The zero-order chi connectivity index (χ0) is 25.3. The van der Waals surface area contributed by atoms with Gasteiger partial charge < -0.3 is 25.6 Å². The van der Waals surface area contributed by atoms with E-state index in [1.54, 1.807) is 48.6 Å². The standard InChI is InChI=1S/C25H24F3N7O/c1-15-31-12-17(13-32-15)20-10-16-4-5-30-21(14-36)23(16)24(34-20)33-18-2-3-22(19(11-18)25(26,27)28)35-8-6-29-7-9-35/h2-5,10-14,21,29-30H,6-9H2,1H3,(H,33,34). The lowest BCUT2D eigenvalue weighted by Gasteiger charge is -2.32. The molecule has 1 atom stereocenters. The van der Waals surface area contributed by atoms with Crippen LogP contribution in [0.1, 0.15) is 28.6 Å². The first-order chi connectivity index (χ1) is 17.3. The number of piperazine rings is 1. The van der Waals surface area contributed by atoms with E-state index in [1.807, 2.05) is 0 Å². The first-order valence-electron chi connectivity index (χ1n) is 11.5. The van der Waals surface area contributed by atoms with Crippen molar-refractivity contribution in [3.05, 3.63) is 65.4 Å². The summed E-state index contributed by atoms with van der Waals surface area (Å²) in [4.78, 5) is 26.6. The second-order valence-corrected chi connectivity index (χ2v) is 8.58. The van der Waals surface area contributed by atoms with Crippen LogP contribution in [0, 0.1) is 6.92 Å². The molecule has 36 heavy (non-hydrogen) atoms. The Balaban J connectivity index is 1.58. The Morgan fingerprint density at radius 2 is 1.89 bits per heavy atom. The minimum atomic E-state index is -4.54. The Morgan fingerprint density at radius 1 is 1.14 bits per heavy atom. The van der Waals surface area contributed by atoms with Gasteiger partial charge in [0.05, 0.1) is 11.3 Å². The Labute approximate surface area is 205 Å². The minimum Gasteiger partial charge on any atom is -0.378 e. The molecule has 0 aliphatic carbocycles. The van der Waals surface area contributed by atoms with Crippen LogP contribution in [0.5, 0.6) is 0 Å². The van der Waals surface area contributed by atoms with Gasteiger partial charge >= 0.3 is 6.18 Å². The highest BCUT2D eigenvalue weighted by Gasteiger charge is 2.35. The summed E-state index contributed by atoms with van der Waals surface area (Å²) >= 11 is 0. The van der Waals surface area contributed by atoms with Crippen molar-refractivity contribution in [2.45, 2.75) is 19.1 Å². The van der Waals surface area contributed by atoms with Crippen molar-refractivity contribution in [1.29, 1.82) is 0 Å². The SMILES string of the molecule is Cc1ncc(-c2cc3c(c(Nc4ccc(N5CCNCC5)c(C(F)(F)F)c4)n2)C(C=O)NC=C3)cn1. The predicted molar refractivity (Wildman–Crippen MR) is 131 cm³/mol. The average molecular weight is 496 g/mol. The van der Waals surface area contributed by atoms with E-state index in [0.29, 0.717) is 54.4 Å². The number of pyridine rings is 1. The predicted octanol–water partition coefficient (Wildman–Crippen LogP) is 3.83. The molecular weight excluding hydrogens is 471 g/mol. The maximum atomic E-state index is 14.1. The fourth-order valence-electron chi connectivity index (χ4n) is 4.40. The van der Waals surface area contributed by atoms with Gasteiger partial charge in [0.25, 0.3) is 0 Å². The fraction of sp³-hybridized carbons (Fsp3) is 0.280. The lowest BCUT2D eigenvalue weighted by Crippen LogP contribution is -2.44. The molecule has 2 aliphatic rings. The first kappa shape index (κ1) is 23.7. The second kappa shape index (κ2) is 9.57. The molecule has 11 heteroatoms. The Kier molecular flexibility index (Phi) is 6.31. The molecule has 0 spiro atoms. The molecule has 0 radical (unpaired) electrons. The number of anilines is 3. The van der Waals surface area contributed by atoms with Crippen molar-refractivity contribution in [2.75, 3.05) is 36.4 Å². The van der Waals surface area contributed by atoms with Crippen molar-refractivity contribution < 1.29 is 18.0 Å². The highest BCUT2D eigenvalue weighted by Crippen LogP contribution is 2.40. The van der Waals surface area contributed by atoms with E-state index in [1.165, 1.54) is 6.07 Å². The molecule has 2 aliphatic heterocycles. The normalized spacial score (nSPS) is 17.3. The third-order valence-corrected chi connectivity index (χ3v) is 6.18. The number of hydrogen-bond donors (Lipinski definition) is 3. The Hall–Kier alpha value is -3.99. The van der Waals surface area contributed by atoms with E-state index in [2.05, 4.69) is 30.9 Å². The van der Waals surface area contributed by atoms with Crippen molar-refractivity contribution in [1.82, 2.24) is 25.6 Å². The summed E-state index contributed by atoms with van der Waals surface area (Å²) in [6.07, 6.45) is 2.90. The van der Waals surface area contributed by atoms with Crippen LogP contribution in [-0.4, -0.2) is 47.4 Å². The summed E-state index contributed by atoms with van der Waals surface area (Å²) < 4.78 is 42.2. The van der Waals surface area contributed by atoms with Gasteiger partial charge in [0.2, 0.25) is 0 Å². The van der Waals surface area contributed by atoms with Crippen molar-refractivity contribution in [3.63, 3.8) is 0 Å². The van der Waals surface area contributed by atoms with Gasteiger partial charge in [0.1, 0.15) is 24.0 Å². The summed E-state index contributed by atoms with van der Waals surface area (Å²) in [6.45, 7) is 3.99. The highest BCUT2D eigenvalue weighted by molar-refractivity contribution is 5.80. The van der Waals surface area contributed by atoms with Crippen molar-refractivity contribution in [3.8, 4) is 11.3 Å². The number of alkyl halides is 3. The smallest absolute Gasteiger partial charge is 0.378 e. The number of halogens is 3. The lowest BCUT2D eigenvalue weighted by molar-refractivity contribution is -0.137. The topological polar surface area (TPSA) is 95.1 Å². The summed E-state index contributed by atoms with van der Waals surface area (Å²) in [5, 5.41) is 9.16. The van der Waals surface area contributed by atoms with Crippen LogP contribution in [0.25, 0.3) is 17.3 Å². The number of fused-ring (bicyclic) bond motifs is 1. The third-order valence-electron chi connectivity index (χ3n) is 6.18. The molecule has 1 unspecified atom stereocenters. The molecular formula is C25H24F3N7O. The molecule has 0 saturated carbocycles. The van der Waals surface area contributed by atoms with E-state index < -0.39 is 17.8 Å². The van der Waals surface area contributed by atoms with Gasteiger partial charge in [-0.15, -0.1) is 0 Å². The Bertz CT molecular complexity index is 1300. The number of benzene rings is 1. The molecule has 1 fully saturated rings. The van der Waals surface area contributed by atoms with Crippen LogP contribution >= 0.6 is 0 Å². The average Bonchev–Trinajstić information content (AvgIpc) is 2.88. The van der Waals surface area contributed by atoms with E-state index in [4.69, 9.17) is 0 Å². The molecule has 1 aromatic carbocycles. The third kappa shape index (κ3) is 4.74. The quantitative estimate of drug-likeness (QED) is 0.460. The van der Waals surface area contributed by atoms with Crippen LogP contribution in [0.15, 0.2) is 42.9 Å². The van der Waals surface area contributed by atoms with Crippen molar-refractivity contribution >= 4 is 29.6 Å². The van der Waals surface area contributed by atoms with Crippen LogP contribution in [-0.2, 0) is 11.0 Å². The monoisotopic (exact) mass is 495 g/mol. The summed E-state index contributed by atoms with van der Waals surface area (Å²) in [6, 6.07) is 5.28. The van der Waals surface area contributed by atoms with E-state index in [9.17, 15) is 18.0 Å². The molecule has 0 amide bonds. The molecule has 0 bridgehead atoms. The molecule has 3 aromatic rings. The number of carbonyl (C=O) groups excluding carboxylic acids is 1. The van der Waals surface area contributed by atoms with E-state index >= 15 is 0 Å². The number of rotatable bonds is 5. The van der Waals surface area contributed by atoms with E-state index in [-0.39, 0.29) is 17.2 Å². The summed E-state index contributed by atoms with van der Waals surface area (Å²) in [5.41, 5.74) is 2.07. The van der Waals surface area contributed by atoms with E-state index in [0.717, 1.165) is 12.4 Å². The number of nitrogens with one attached hydrogen (secondary N) is 3. The summed E-state index contributed by atoms with van der Waals surface area (Å²) in [7, 11) is 0. The number of aromatic nitrogens is 3. The lowest BCUT2D eigenvalue weighted by atomic mass is 9.97. The molecule has 8 nitrogen and oxygen atoms in total. The molecule has 1 saturated heterocycles. The van der Waals surface area contributed by atoms with Gasteiger partial charge in [-0.1, -0.05) is 0 Å². The number of carbonyl (C=O) groups is 1. The molecule has 2 aromatic heterocycles. The number of aryl methyl sites for hydroxylation is 1. The van der Waals surface area contributed by atoms with Gasteiger partial charge in [-0.05, 0) is 49.0 Å². The van der Waals surface area contributed by atoms with Gasteiger partial charge in [-0.2, -0.15) is 13.2 Å². The number of aldehydes is 1. The minimum absolute atomic E-state index is 0.144. The summed E-state index contributed by atoms with van der Waals surface area (Å²) in [5.74, 6) is 0.879. The molecule has 4 heterocycles. The Morgan fingerprint density at radius 3 is 2.58 bits per heavy atom. The maximum absolute atomic E-state index is 14.1. The van der Waals surface area contributed by atoms with Crippen LogP contribution < -0.4 is 20.9 Å². The fourth-order valence-corrected chi connectivity index (χ4v) is 4.40. The van der Waals surface area contributed by atoms with Crippen molar-refractivity contribution in [2.24, 2.45) is 0 Å².